The van der Waals surface area contributed by atoms with E-state index in [-0.39, 0.29) is 5.91 Å². The fourth-order valence-electron chi connectivity index (χ4n) is 2.65. The van der Waals surface area contributed by atoms with E-state index in [1.54, 1.807) is 18.0 Å². The number of para-hydroxylation sites is 1. The third-order valence-corrected chi connectivity index (χ3v) is 5.58. The average Bonchev–Trinajstić information content (AvgIpc) is 3.01. The highest BCUT2D eigenvalue weighted by atomic mass is 32.2. The molecule has 1 amide bonds. The molecular formula is C20H15N3OS2. The van der Waals surface area contributed by atoms with Crippen LogP contribution in [0.15, 0.2) is 75.6 Å². The van der Waals surface area contributed by atoms with Gasteiger partial charge in [0.25, 0.3) is 5.91 Å². The van der Waals surface area contributed by atoms with Gasteiger partial charge in [0, 0.05) is 16.5 Å². The first-order chi connectivity index (χ1) is 12.7. The first-order valence-corrected chi connectivity index (χ1v) is 10.0. The van der Waals surface area contributed by atoms with Crippen LogP contribution >= 0.6 is 23.5 Å². The van der Waals surface area contributed by atoms with Crippen molar-refractivity contribution in [3.8, 4) is 0 Å². The van der Waals surface area contributed by atoms with Crippen LogP contribution in [0, 0.1) is 0 Å². The van der Waals surface area contributed by atoms with E-state index >= 15 is 0 Å². The maximum absolute atomic E-state index is 12.3. The number of nitrogens with one attached hydrogen (secondary N) is 1. The van der Waals surface area contributed by atoms with Gasteiger partial charge in [0.2, 0.25) is 0 Å². The highest BCUT2D eigenvalue weighted by molar-refractivity contribution is 8.18. The Balaban J connectivity index is 1.62. The standard InChI is InChI=1S/C20H15N3OS2/c1-25-17-7-3-2-6-16(17)22-20-23-19(24)18(26-20)12-13-8-9-15-14(11-13)5-4-10-21-15/h2-12H,1H3,(H,22,23,24)/b18-12+. The Bertz CT molecular complexity index is 1060. The Labute approximate surface area is 159 Å². The first kappa shape index (κ1) is 16.9. The fraction of sp³-hybridized carbons (Fsp3) is 0.0500. The Hall–Kier alpha value is -2.57. The molecule has 2 aromatic carbocycles. The maximum atomic E-state index is 12.3. The van der Waals surface area contributed by atoms with Crippen molar-refractivity contribution < 1.29 is 4.79 Å². The van der Waals surface area contributed by atoms with E-state index in [1.165, 1.54) is 11.8 Å². The number of hydrogen-bond acceptors (Lipinski definition) is 5. The molecule has 3 aromatic rings. The van der Waals surface area contributed by atoms with Crippen LogP contribution in [-0.4, -0.2) is 22.3 Å². The van der Waals surface area contributed by atoms with Crippen LogP contribution in [0.25, 0.3) is 17.0 Å². The van der Waals surface area contributed by atoms with Gasteiger partial charge in [-0.2, -0.15) is 0 Å². The number of carbonyl (C=O) groups is 1. The van der Waals surface area contributed by atoms with Gasteiger partial charge in [0.15, 0.2) is 5.17 Å². The zero-order chi connectivity index (χ0) is 17.9. The van der Waals surface area contributed by atoms with Crippen molar-refractivity contribution in [1.29, 1.82) is 0 Å². The number of nitrogens with zero attached hydrogens (tertiary/aromatic N) is 2. The molecule has 0 spiro atoms. The van der Waals surface area contributed by atoms with Crippen LogP contribution < -0.4 is 5.32 Å². The molecule has 26 heavy (non-hydrogen) atoms. The Morgan fingerprint density at radius 3 is 2.92 bits per heavy atom. The lowest BCUT2D eigenvalue weighted by Gasteiger charge is -2.02. The summed E-state index contributed by atoms with van der Waals surface area (Å²) in [5.41, 5.74) is 2.77. The number of pyridine rings is 1. The second-order valence-electron chi connectivity index (χ2n) is 5.61. The van der Waals surface area contributed by atoms with Gasteiger partial charge in [-0.3, -0.25) is 9.78 Å². The molecule has 1 N–H and O–H groups in total. The third kappa shape index (κ3) is 3.52. The Kier molecular flexibility index (Phi) is 4.77. The van der Waals surface area contributed by atoms with Gasteiger partial charge in [-0.05, 0) is 60.0 Å². The molecule has 0 aliphatic carbocycles. The van der Waals surface area contributed by atoms with Crippen LogP contribution in [0.4, 0.5) is 5.69 Å². The number of aromatic nitrogens is 1. The molecule has 1 fully saturated rings. The summed E-state index contributed by atoms with van der Waals surface area (Å²) in [6.45, 7) is 0. The summed E-state index contributed by atoms with van der Waals surface area (Å²) in [4.78, 5) is 22.9. The molecule has 128 valence electrons. The number of thioether (sulfide) groups is 2. The number of aliphatic imine (C=N–C) groups is 1. The second-order valence-corrected chi connectivity index (χ2v) is 7.49. The molecule has 1 aliphatic rings. The molecule has 1 aromatic heterocycles. The summed E-state index contributed by atoms with van der Waals surface area (Å²) in [5.74, 6) is -0.123. The van der Waals surface area contributed by atoms with Crippen molar-refractivity contribution in [2.45, 2.75) is 4.90 Å². The molecule has 6 heteroatoms. The lowest BCUT2D eigenvalue weighted by molar-refractivity contribution is -0.115. The zero-order valence-electron chi connectivity index (χ0n) is 14.0. The Morgan fingerprint density at radius 1 is 1.15 bits per heavy atom. The highest BCUT2D eigenvalue weighted by Gasteiger charge is 2.24. The number of hydrogen-bond donors (Lipinski definition) is 1. The van der Waals surface area contributed by atoms with E-state index in [0.29, 0.717) is 10.1 Å². The van der Waals surface area contributed by atoms with E-state index in [0.717, 1.165) is 27.0 Å². The molecule has 1 aliphatic heterocycles. The summed E-state index contributed by atoms with van der Waals surface area (Å²) in [7, 11) is 0. The van der Waals surface area contributed by atoms with Crippen molar-refractivity contribution in [2.75, 3.05) is 6.26 Å². The summed E-state index contributed by atoms with van der Waals surface area (Å²) in [5, 5.41) is 4.50. The van der Waals surface area contributed by atoms with Crippen LogP contribution in [0.3, 0.4) is 0 Å². The van der Waals surface area contributed by atoms with E-state index in [4.69, 9.17) is 0 Å². The van der Waals surface area contributed by atoms with Gasteiger partial charge in [-0.1, -0.05) is 24.3 Å². The maximum Gasteiger partial charge on any atom is 0.264 e. The number of rotatable bonds is 3. The molecule has 0 unspecified atom stereocenters. The third-order valence-electron chi connectivity index (χ3n) is 3.88. The minimum atomic E-state index is -0.123. The van der Waals surface area contributed by atoms with Gasteiger partial charge in [0.1, 0.15) is 0 Å². The SMILES string of the molecule is CSc1ccccc1N=C1NC(=O)/C(=C\c2ccc3ncccc3c2)S1. The number of fused-ring (bicyclic) bond motifs is 1. The van der Waals surface area contributed by atoms with Gasteiger partial charge in [-0.15, -0.1) is 11.8 Å². The van der Waals surface area contributed by atoms with Crippen molar-refractivity contribution >= 4 is 57.3 Å². The molecule has 4 nitrogen and oxygen atoms in total. The molecule has 1 saturated heterocycles. The van der Waals surface area contributed by atoms with E-state index in [1.807, 2.05) is 66.9 Å². The lowest BCUT2D eigenvalue weighted by atomic mass is 10.1. The summed E-state index contributed by atoms with van der Waals surface area (Å²) >= 11 is 2.99. The molecule has 0 bridgehead atoms. The lowest BCUT2D eigenvalue weighted by Crippen LogP contribution is -2.19. The van der Waals surface area contributed by atoms with Crippen molar-refractivity contribution in [2.24, 2.45) is 4.99 Å². The van der Waals surface area contributed by atoms with Gasteiger partial charge in [0.05, 0.1) is 16.1 Å². The summed E-state index contributed by atoms with van der Waals surface area (Å²) in [6, 6.07) is 17.8. The number of benzene rings is 2. The number of carbonyl (C=O) groups excluding carboxylic acids is 1. The van der Waals surface area contributed by atoms with Crippen LogP contribution in [0.2, 0.25) is 0 Å². The minimum absolute atomic E-state index is 0.123. The molecule has 4 rings (SSSR count). The molecule has 0 radical (unpaired) electrons. The van der Waals surface area contributed by atoms with Crippen LogP contribution in [0.1, 0.15) is 5.56 Å². The van der Waals surface area contributed by atoms with Crippen molar-refractivity contribution in [3.05, 3.63) is 71.3 Å². The molecule has 2 heterocycles. The second kappa shape index (κ2) is 7.35. The van der Waals surface area contributed by atoms with Gasteiger partial charge >= 0.3 is 0 Å². The number of amidine groups is 1. The zero-order valence-corrected chi connectivity index (χ0v) is 15.6. The Morgan fingerprint density at radius 2 is 2.04 bits per heavy atom. The fourth-order valence-corrected chi connectivity index (χ4v) is 4.02. The smallest absolute Gasteiger partial charge is 0.264 e. The molecule has 0 saturated carbocycles. The largest absolute Gasteiger partial charge is 0.300 e. The van der Waals surface area contributed by atoms with Crippen LogP contribution in [0.5, 0.6) is 0 Å². The van der Waals surface area contributed by atoms with E-state index in [2.05, 4.69) is 15.3 Å². The highest BCUT2D eigenvalue weighted by Crippen LogP contribution is 2.32. The van der Waals surface area contributed by atoms with E-state index in [9.17, 15) is 4.79 Å². The van der Waals surface area contributed by atoms with E-state index < -0.39 is 0 Å². The van der Waals surface area contributed by atoms with Crippen molar-refractivity contribution in [1.82, 2.24) is 10.3 Å². The minimum Gasteiger partial charge on any atom is -0.300 e. The quantitative estimate of drug-likeness (QED) is 0.524. The summed E-state index contributed by atoms with van der Waals surface area (Å²) < 4.78 is 0. The van der Waals surface area contributed by atoms with Gasteiger partial charge in [-0.25, -0.2) is 4.99 Å². The predicted molar refractivity (Wildman–Crippen MR) is 111 cm³/mol. The summed E-state index contributed by atoms with van der Waals surface area (Å²) in [6.07, 6.45) is 5.67. The van der Waals surface area contributed by atoms with Crippen LogP contribution in [-0.2, 0) is 4.79 Å². The van der Waals surface area contributed by atoms with Crippen molar-refractivity contribution in [3.63, 3.8) is 0 Å². The first-order valence-electron chi connectivity index (χ1n) is 8.00. The topological polar surface area (TPSA) is 54.4 Å². The predicted octanol–water partition coefficient (Wildman–Crippen LogP) is 4.85. The average molecular weight is 377 g/mol. The molecular weight excluding hydrogens is 362 g/mol. The van der Waals surface area contributed by atoms with Gasteiger partial charge < -0.3 is 5.32 Å². The number of amides is 1. The normalized spacial score (nSPS) is 17.2. The molecule has 0 atom stereocenters. The monoisotopic (exact) mass is 377 g/mol.